The second-order valence-corrected chi connectivity index (χ2v) is 5.35. The summed E-state index contributed by atoms with van der Waals surface area (Å²) in [6.45, 7) is 8.32. The van der Waals surface area contributed by atoms with Gasteiger partial charge >= 0.3 is 12.0 Å². The molecular formula is C14H18N5O2+. The summed E-state index contributed by atoms with van der Waals surface area (Å²) in [6.07, 6.45) is 1.79. The summed E-state index contributed by atoms with van der Waals surface area (Å²) < 4.78 is 3.90. The van der Waals surface area contributed by atoms with Gasteiger partial charge in [-0.15, -0.1) is 0 Å². The molecule has 1 atom stereocenters. The lowest BCUT2D eigenvalue weighted by Gasteiger charge is -2.30. The average molecular weight is 288 g/mol. The van der Waals surface area contributed by atoms with Crippen molar-refractivity contribution in [3.63, 3.8) is 0 Å². The number of hydrogen-bond donors (Lipinski definition) is 0. The second kappa shape index (κ2) is 4.28. The Balaban J connectivity index is 2.23. The van der Waals surface area contributed by atoms with Crippen molar-refractivity contribution in [1.82, 2.24) is 14.4 Å². The Morgan fingerprint density at radius 2 is 1.95 bits per heavy atom. The molecule has 2 aliphatic rings. The number of urea groups is 1. The van der Waals surface area contributed by atoms with Gasteiger partial charge in [0.25, 0.3) is 5.91 Å². The van der Waals surface area contributed by atoms with Crippen molar-refractivity contribution in [1.29, 1.82) is 0 Å². The third kappa shape index (κ3) is 1.54. The summed E-state index contributed by atoms with van der Waals surface area (Å²) in [5.74, 6) is 0.923. The first-order valence-electron chi connectivity index (χ1n) is 6.76. The third-order valence-corrected chi connectivity index (χ3v) is 4.26. The van der Waals surface area contributed by atoms with Gasteiger partial charge in [-0.05, 0) is 13.8 Å². The Morgan fingerprint density at radius 1 is 1.29 bits per heavy atom. The number of rotatable bonds is 2. The fourth-order valence-corrected chi connectivity index (χ4v) is 2.93. The van der Waals surface area contributed by atoms with Gasteiger partial charge in [0.15, 0.2) is 0 Å². The standard InChI is InChI=1S/C14H18N5O2/c1-6-7-18-8(2)9(3)19-10-11(15-13(18)19)16(4)14(21)17(5)12(10)20/h6,10H,1,7H2,2-5H3/q+1. The molecule has 3 rings (SSSR count). The Hall–Kier alpha value is -2.44. The molecule has 1 fully saturated rings. The minimum Gasteiger partial charge on any atom is -0.270 e. The van der Waals surface area contributed by atoms with Crippen LogP contribution >= 0.6 is 0 Å². The molecule has 1 unspecified atom stereocenters. The number of imidazole rings is 1. The minimum absolute atomic E-state index is 0.251. The average Bonchev–Trinajstić information content (AvgIpc) is 2.95. The van der Waals surface area contributed by atoms with Gasteiger partial charge in [0.2, 0.25) is 11.9 Å². The summed E-state index contributed by atoms with van der Waals surface area (Å²) in [4.78, 5) is 31.7. The lowest BCUT2D eigenvalue weighted by atomic mass is 10.1. The maximum atomic E-state index is 12.5. The zero-order valence-corrected chi connectivity index (χ0v) is 12.6. The molecule has 7 nitrogen and oxygen atoms in total. The summed E-state index contributed by atoms with van der Waals surface area (Å²) in [7, 11) is 3.14. The van der Waals surface area contributed by atoms with Gasteiger partial charge in [-0.2, -0.15) is 0 Å². The highest BCUT2D eigenvalue weighted by atomic mass is 16.2. The summed E-state index contributed by atoms with van der Waals surface area (Å²) in [6, 6.07) is -0.914. The van der Waals surface area contributed by atoms with Crippen LogP contribution in [0.3, 0.4) is 0 Å². The van der Waals surface area contributed by atoms with E-state index in [-0.39, 0.29) is 11.9 Å². The minimum atomic E-state index is -0.558. The van der Waals surface area contributed by atoms with Gasteiger partial charge in [-0.25, -0.2) is 13.9 Å². The van der Waals surface area contributed by atoms with E-state index < -0.39 is 6.04 Å². The van der Waals surface area contributed by atoms with Crippen LogP contribution in [0.5, 0.6) is 0 Å². The number of likely N-dealkylation sites (N-methyl/N-ethyl adjacent to an activating group) is 2. The number of aromatic nitrogens is 2. The first-order valence-corrected chi connectivity index (χ1v) is 6.76. The first kappa shape index (κ1) is 13.5. The van der Waals surface area contributed by atoms with Crippen LogP contribution < -0.4 is 4.57 Å². The number of carbonyl (C=O) groups excluding carboxylic acids is 2. The SMILES string of the molecule is C=CC[n+]1c(C)c(C)n2c1N=C1C2C(=O)N(C)C(=O)N1C. The van der Waals surface area contributed by atoms with Crippen molar-refractivity contribution in [2.75, 3.05) is 14.1 Å². The molecule has 1 aromatic heterocycles. The van der Waals surface area contributed by atoms with Crippen LogP contribution in [-0.4, -0.2) is 46.2 Å². The zero-order valence-electron chi connectivity index (χ0n) is 12.6. The molecule has 3 amide bonds. The molecule has 21 heavy (non-hydrogen) atoms. The molecule has 0 bridgehead atoms. The predicted octanol–water partition coefficient (Wildman–Crippen LogP) is 0.687. The largest absolute Gasteiger partial charge is 0.402 e. The van der Waals surface area contributed by atoms with E-state index in [0.29, 0.717) is 18.3 Å². The highest BCUT2D eigenvalue weighted by Crippen LogP contribution is 2.34. The Kier molecular flexibility index (Phi) is 2.76. The molecular weight excluding hydrogens is 270 g/mol. The maximum absolute atomic E-state index is 12.5. The molecule has 1 aromatic rings. The van der Waals surface area contributed by atoms with Crippen LogP contribution in [0, 0.1) is 13.8 Å². The number of fused-ring (bicyclic) bond motifs is 3. The maximum Gasteiger partial charge on any atom is 0.402 e. The summed E-state index contributed by atoms with van der Waals surface area (Å²) in [5.41, 5.74) is 2.02. The molecule has 0 radical (unpaired) electrons. The van der Waals surface area contributed by atoms with Gasteiger partial charge in [0.05, 0.1) is 6.54 Å². The third-order valence-electron chi connectivity index (χ3n) is 4.26. The molecule has 0 spiro atoms. The fourth-order valence-electron chi connectivity index (χ4n) is 2.93. The quantitative estimate of drug-likeness (QED) is 0.593. The monoisotopic (exact) mass is 288 g/mol. The van der Waals surface area contributed by atoms with Crippen LogP contribution in [0.2, 0.25) is 0 Å². The van der Waals surface area contributed by atoms with E-state index in [0.717, 1.165) is 16.3 Å². The van der Waals surface area contributed by atoms with E-state index in [2.05, 4.69) is 11.6 Å². The lowest BCUT2D eigenvalue weighted by Crippen LogP contribution is -2.56. The van der Waals surface area contributed by atoms with Crippen molar-refractivity contribution in [3.05, 3.63) is 24.0 Å². The summed E-state index contributed by atoms with van der Waals surface area (Å²) >= 11 is 0. The topological polar surface area (TPSA) is 61.8 Å². The van der Waals surface area contributed by atoms with Gasteiger partial charge in [-0.3, -0.25) is 14.6 Å². The smallest absolute Gasteiger partial charge is 0.270 e. The van der Waals surface area contributed by atoms with Crippen molar-refractivity contribution in [3.8, 4) is 0 Å². The van der Waals surface area contributed by atoms with E-state index in [4.69, 9.17) is 0 Å². The predicted molar refractivity (Wildman–Crippen MR) is 76.4 cm³/mol. The van der Waals surface area contributed by atoms with Crippen LogP contribution in [0.1, 0.15) is 17.4 Å². The molecule has 3 heterocycles. The number of amidine groups is 1. The van der Waals surface area contributed by atoms with Gasteiger partial charge in [0.1, 0.15) is 11.4 Å². The number of allylic oxidation sites excluding steroid dienone is 1. The molecule has 110 valence electrons. The molecule has 0 aromatic carbocycles. The second-order valence-electron chi connectivity index (χ2n) is 5.35. The van der Waals surface area contributed by atoms with Gasteiger partial charge < -0.3 is 0 Å². The number of imide groups is 1. The molecule has 7 heteroatoms. The highest BCUT2D eigenvalue weighted by Gasteiger charge is 2.53. The van der Waals surface area contributed by atoms with Crippen molar-refractivity contribution >= 4 is 23.7 Å². The van der Waals surface area contributed by atoms with E-state index in [1.807, 2.05) is 23.0 Å². The van der Waals surface area contributed by atoms with E-state index in [1.54, 1.807) is 13.1 Å². The zero-order chi connectivity index (χ0) is 15.5. The lowest BCUT2D eigenvalue weighted by molar-refractivity contribution is -0.679. The molecule has 2 aliphatic heterocycles. The fraction of sp³-hybridized carbons (Fsp3) is 0.429. The van der Waals surface area contributed by atoms with Crippen LogP contribution in [0.25, 0.3) is 0 Å². The Bertz CT molecular complexity index is 715. The number of nitrogens with zero attached hydrogens (tertiary/aromatic N) is 5. The summed E-state index contributed by atoms with van der Waals surface area (Å²) in [5, 5.41) is 0. The normalized spacial score (nSPS) is 20.6. The van der Waals surface area contributed by atoms with Crippen LogP contribution in [0.4, 0.5) is 10.7 Å². The first-order chi connectivity index (χ1) is 9.90. The number of carbonyl (C=O) groups is 2. The molecule has 0 N–H and O–H groups in total. The Labute approximate surface area is 122 Å². The van der Waals surface area contributed by atoms with Crippen molar-refractivity contribution in [2.45, 2.75) is 26.4 Å². The van der Waals surface area contributed by atoms with E-state index in [9.17, 15) is 9.59 Å². The van der Waals surface area contributed by atoms with Gasteiger partial charge in [-0.1, -0.05) is 17.6 Å². The van der Waals surface area contributed by atoms with Crippen molar-refractivity contribution in [2.24, 2.45) is 4.99 Å². The van der Waals surface area contributed by atoms with E-state index >= 15 is 0 Å². The molecule has 1 saturated heterocycles. The van der Waals surface area contributed by atoms with Crippen LogP contribution in [-0.2, 0) is 11.3 Å². The Morgan fingerprint density at radius 3 is 2.57 bits per heavy atom. The van der Waals surface area contributed by atoms with Gasteiger partial charge in [0, 0.05) is 14.1 Å². The molecule has 0 aliphatic carbocycles. The van der Waals surface area contributed by atoms with Crippen LogP contribution in [0.15, 0.2) is 17.6 Å². The molecule has 0 saturated carbocycles. The number of aliphatic imine (C=N–C) groups is 1. The highest BCUT2D eigenvalue weighted by molar-refractivity contribution is 6.20. The van der Waals surface area contributed by atoms with Crippen molar-refractivity contribution < 1.29 is 14.2 Å². The van der Waals surface area contributed by atoms with E-state index in [1.165, 1.54) is 11.9 Å². The number of amides is 3. The number of hydrogen-bond acceptors (Lipinski definition) is 3.